The first-order chi connectivity index (χ1) is 10.2. The van der Waals surface area contributed by atoms with Gasteiger partial charge in [-0.1, -0.05) is 34.1 Å². The number of rotatable bonds is 4. The molecule has 21 heavy (non-hydrogen) atoms. The molecule has 1 heterocycles. The molecule has 106 valence electrons. The van der Waals surface area contributed by atoms with Gasteiger partial charge in [-0.05, 0) is 46.3 Å². The van der Waals surface area contributed by atoms with Gasteiger partial charge >= 0.3 is 0 Å². The highest BCUT2D eigenvalue weighted by Crippen LogP contribution is 2.26. The second-order valence-corrected chi connectivity index (χ2v) is 6.11. The number of hydrogen-bond acceptors (Lipinski definition) is 4. The Balaban J connectivity index is 1.72. The van der Waals surface area contributed by atoms with Gasteiger partial charge in [0.05, 0.1) is 12.1 Å². The fraction of sp³-hybridized carbons (Fsp3) is 0.0667. The van der Waals surface area contributed by atoms with Gasteiger partial charge in [-0.2, -0.15) is 0 Å². The lowest BCUT2D eigenvalue weighted by Gasteiger charge is -2.03. The lowest BCUT2D eigenvalue weighted by molar-refractivity contribution is 0.515. The molecule has 2 aromatic carbocycles. The molecular weight excluding hydrogens is 398 g/mol. The molecule has 1 aromatic heterocycles. The standard InChI is InChI=1S/C15H11Br2N3O/c16-10-4-3-5-11(8-10)18-9-14-19-20-15(21-14)12-6-1-2-7-13(12)17/h1-8,18H,9H2. The van der Waals surface area contributed by atoms with E-state index in [1.165, 1.54) is 0 Å². The molecule has 0 aliphatic carbocycles. The molecule has 0 amide bonds. The molecule has 1 N–H and O–H groups in total. The molecule has 0 saturated carbocycles. The molecule has 0 saturated heterocycles. The molecule has 0 aliphatic heterocycles. The largest absolute Gasteiger partial charge is 0.419 e. The Kier molecular flexibility index (Phi) is 4.36. The van der Waals surface area contributed by atoms with Gasteiger partial charge in [0, 0.05) is 14.6 Å². The van der Waals surface area contributed by atoms with Gasteiger partial charge < -0.3 is 9.73 Å². The normalized spacial score (nSPS) is 10.6. The molecule has 0 aliphatic rings. The van der Waals surface area contributed by atoms with E-state index in [4.69, 9.17) is 4.42 Å². The van der Waals surface area contributed by atoms with Crippen molar-refractivity contribution in [3.63, 3.8) is 0 Å². The first-order valence-electron chi connectivity index (χ1n) is 6.29. The molecular formula is C15H11Br2N3O. The summed E-state index contributed by atoms with van der Waals surface area (Å²) in [4.78, 5) is 0. The summed E-state index contributed by atoms with van der Waals surface area (Å²) in [6.07, 6.45) is 0. The van der Waals surface area contributed by atoms with E-state index in [1.54, 1.807) is 0 Å². The van der Waals surface area contributed by atoms with Gasteiger partial charge in [-0.3, -0.25) is 0 Å². The molecule has 0 unspecified atom stereocenters. The van der Waals surface area contributed by atoms with Gasteiger partial charge in [0.15, 0.2) is 0 Å². The molecule has 4 nitrogen and oxygen atoms in total. The SMILES string of the molecule is Brc1cccc(NCc2nnc(-c3ccccc3Br)o2)c1. The number of hydrogen-bond donors (Lipinski definition) is 1. The first kappa shape index (κ1) is 14.3. The number of aromatic nitrogens is 2. The maximum Gasteiger partial charge on any atom is 0.248 e. The van der Waals surface area contributed by atoms with Crippen LogP contribution in [0.3, 0.4) is 0 Å². The van der Waals surface area contributed by atoms with Crippen LogP contribution in [0.25, 0.3) is 11.5 Å². The van der Waals surface area contributed by atoms with Gasteiger partial charge in [0.1, 0.15) is 0 Å². The summed E-state index contributed by atoms with van der Waals surface area (Å²) in [6, 6.07) is 15.7. The molecule has 3 aromatic rings. The van der Waals surface area contributed by atoms with E-state index < -0.39 is 0 Å². The number of halogens is 2. The average Bonchev–Trinajstić information content (AvgIpc) is 2.94. The van der Waals surface area contributed by atoms with Crippen LogP contribution in [0, 0.1) is 0 Å². The molecule has 0 bridgehead atoms. The minimum absolute atomic E-state index is 0.480. The zero-order chi connectivity index (χ0) is 14.7. The molecule has 6 heteroatoms. The van der Waals surface area contributed by atoms with Crippen molar-refractivity contribution in [3.05, 3.63) is 63.4 Å². The Hall–Kier alpha value is -1.66. The lowest BCUT2D eigenvalue weighted by atomic mass is 10.2. The topological polar surface area (TPSA) is 51.0 Å². The van der Waals surface area contributed by atoms with Gasteiger partial charge in [-0.15, -0.1) is 10.2 Å². The molecule has 0 radical (unpaired) electrons. The zero-order valence-electron chi connectivity index (χ0n) is 10.9. The van der Waals surface area contributed by atoms with Crippen molar-refractivity contribution in [3.8, 4) is 11.5 Å². The van der Waals surface area contributed by atoms with Crippen molar-refractivity contribution in [2.45, 2.75) is 6.54 Å². The smallest absolute Gasteiger partial charge is 0.248 e. The summed E-state index contributed by atoms with van der Waals surface area (Å²) < 4.78 is 7.63. The summed E-state index contributed by atoms with van der Waals surface area (Å²) >= 11 is 6.91. The Morgan fingerprint density at radius 2 is 1.86 bits per heavy atom. The molecule has 0 spiro atoms. The maximum absolute atomic E-state index is 5.68. The van der Waals surface area contributed by atoms with Crippen LogP contribution in [-0.2, 0) is 6.54 Å². The Morgan fingerprint density at radius 1 is 1.00 bits per heavy atom. The lowest BCUT2D eigenvalue weighted by Crippen LogP contribution is -1.99. The molecule has 3 rings (SSSR count). The maximum atomic E-state index is 5.68. The van der Waals surface area contributed by atoms with E-state index in [0.29, 0.717) is 18.3 Å². The van der Waals surface area contributed by atoms with E-state index in [2.05, 4.69) is 47.4 Å². The van der Waals surface area contributed by atoms with Crippen molar-refractivity contribution in [1.82, 2.24) is 10.2 Å². The quantitative estimate of drug-likeness (QED) is 0.668. The van der Waals surface area contributed by atoms with Crippen LogP contribution < -0.4 is 5.32 Å². The Morgan fingerprint density at radius 3 is 2.67 bits per heavy atom. The Labute approximate surface area is 138 Å². The summed E-state index contributed by atoms with van der Waals surface area (Å²) in [5.41, 5.74) is 1.88. The van der Waals surface area contributed by atoms with Crippen LogP contribution in [0.1, 0.15) is 5.89 Å². The summed E-state index contributed by atoms with van der Waals surface area (Å²) in [7, 11) is 0. The van der Waals surface area contributed by atoms with Crippen molar-refractivity contribution in [2.24, 2.45) is 0 Å². The highest BCUT2D eigenvalue weighted by molar-refractivity contribution is 9.10. The van der Waals surface area contributed by atoms with Crippen molar-refractivity contribution < 1.29 is 4.42 Å². The van der Waals surface area contributed by atoms with E-state index in [0.717, 1.165) is 20.2 Å². The van der Waals surface area contributed by atoms with Crippen LogP contribution in [0.15, 0.2) is 61.9 Å². The molecule has 0 fully saturated rings. The first-order valence-corrected chi connectivity index (χ1v) is 7.88. The predicted octanol–water partition coefficient (Wildman–Crippen LogP) is 4.87. The number of nitrogens with one attached hydrogen (secondary N) is 1. The zero-order valence-corrected chi connectivity index (χ0v) is 14.1. The third-order valence-corrected chi connectivity index (χ3v) is 4.02. The number of nitrogens with zero attached hydrogens (tertiary/aromatic N) is 2. The fourth-order valence-corrected chi connectivity index (χ4v) is 2.70. The number of benzene rings is 2. The number of anilines is 1. The minimum Gasteiger partial charge on any atom is -0.419 e. The summed E-state index contributed by atoms with van der Waals surface area (Å²) in [6.45, 7) is 0.480. The van der Waals surface area contributed by atoms with Gasteiger partial charge in [0.2, 0.25) is 11.8 Å². The summed E-state index contributed by atoms with van der Waals surface area (Å²) in [5, 5.41) is 11.4. The van der Waals surface area contributed by atoms with Crippen molar-refractivity contribution >= 4 is 37.5 Å². The van der Waals surface area contributed by atoms with Crippen LogP contribution in [-0.4, -0.2) is 10.2 Å². The second-order valence-electron chi connectivity index (χ2n) is 4.34. The fourth-order valence-electron chi connectivity index (χ4n) is 1.84. The van der Waals surface area contributed by atoms with Gasteiger partial charge in [-0.25, -0.2) is 0 Å². The second kappa shape index (κ2) is 6.41. The Bertz CT molecular complexity index is 758. The van der Waals surface area contributed by atoms with E-state index in [1.807, 2.05) is 48.5 Å². The average molecular weight is 409 g/mol. The van der Waals surface area contributed by atoms with E-state index in [9.17, 15) is 0 Å². The van der Waals surface area contributed by atoms with Crippen LogP contribution in [0.2, 0.25) is 0 Å². The monoisotopic (exact) mass is 407 g/mol. The van der Waals surface area contributed by atoms with Crippen LogP contribution >= 0.6 is 31.9 Å². The van der Waals surface area contributed by atoms with Crippen molar-refractivity contribution in [1.29, 1.82) is 0 Å². The summed E-state index contributed by atoms with van der Waals surface area (Å²) in [5.74, 6) is 1.05. The van der Waals surface area contributed by atoms with Crippen molar-refractivity contribution in [2.75, 3.05) is 5.32 Å². The highest BCUT2D eigenvalue weighted by atomic mass is 79.9. The van der Waals surface area contributed by atoms with E-state index in [-0.39, 0.29) is 0 Å². The third kappa shape index (κ3) is 3.51. The third-order valence-electron chi connectivity index (χ3n) is 2.84. The molecule has 0 atom stereocenters. The van der Waals surface area contributed by atoms with Crippen LogP contribution in [0.5, 0.6) is 0 Å². The van der Waals surface area contributed by atoms with E-state index >= 15 is 0 Å². The minimum atomic E-state index is 0.480. The predicted molar refractivity (Wildman–Crippen MR) is 88.9 cm³/mol. The van der Waals surface area contributed by atoms with Crippen LogP contribution in [0.4, 0.5) is 5.69 Å². The highest BCUT2D eigenvalue weighted by Gasteiger charge is 2.10. The van der Waals surface area contributed by atoms with Gasteiger partial charge in [0.25, 0.3) is 0 Å².